The molecule has 0 radical (unpaired) electrons. The summed E-state index contributed by atoms with van der Waals surface area (Å²) >= 11 is 12.5. The van der Waals surface area contributed by atoms with Crippen molar-refractivity contribution in [2.75, 3.05) is 13.1 Å². The van der Waals surface area contributed by atoms with Gasteiger partial charge in [-0.3, -0.25) is 0 Å². The normalized spacial score (nSPS) is 16.3. The quantitative estimate of drug-likeness (QED) is 0.167. The van der Waals surface area contributed by atoms with Crippen LogP contribution in [0.15, 0.2) is 89.8 Å². The van der Waals surface area contributed by atoms with Gasteiger partial charge in [0.05, 0.1) is 21.5 Å². The maximum atomic E-state index is 14.4. The average Bonchev–Trinajstić information content (AvgIpc) is 3.83. The molecule has 0 atom stereocenters. The van der Waals surface area contributed by atoms with Crippen LogP contribution in [0, 0.1) is 5.82 Å². The molecular weight excluding hydrogens is 648 g/mol. The first-order chi connectivity index (χ1) is 22.1. The topological polar surface area (TPSA) is 92.5 Å². The summed E-state index contributed by atoms with van der Waals surface area (Å²) in [6.07, 6.45) is 3.25. The van der Waals surface area contributed by atoms with E-state index in [9.17, 15) is 17.6 Å². The van der Waals surface area contributed by atoms with Crippen molar-refractivity contribution in [3.8, 4) is 0 Å². The fraction of sp³-hybridized carbons (Fsp3) is 0.257. The number of hydrogen-bond acceptors (Lipinski definition) is 4. The van der Waals surface area contributed by atoms with Crippen molar-refractivity contribution in [2.24, 2.45) is 0 Å². The van der Waals surface area contributed by atoms with Gasteiger partial charge in [-0.25, -0.2) is 22.6 Å². The van der Waals surface area contributed by atoms with E-state index in [1.807, 2.05) is 48.5 Å². The molecule has 7 rings (SSSR count). The molecule has 5 aromatic rings. The third-order valence-electron chi connectivity index (χ3n) is 9.02. The zero-order chi connectivity index (χ0) is 32.2. The molecule has 236 valence electrons. The van der Waals surface area contributed by atoms with Crippen molar-refractivity contribution in [3.63, 3.8) is 0 Å². The second kappa shape index (κ2) is 12.1. The van der Waals surface area contributed by atoms with Crippen molar-refractivity contribution < 1.29 is 22.7 Å². The lowest BCUT2D eigenvalue weighted by atomic mass is 9.85. The minimum atomic E-state index is -4.00. The number of piperidine rings is 1. The lowest BCUT2D eigenvalue weighted by Gasteiger charge is -2.33. The van der Waals surface area contributed by atoms with Gasteiger partial charge in [0.2, 0.25) is 10.0 Å². The molecule has 7 nitrogen and oxygen atoms in total. The molecule has 1 N–H and O–H groups in total. The van der Waals surface area contributed by atoms with Crippen molar-refractivity contribution >= 4 is 50.2 Å². The molecule has 0 spiro atoms. The van der Waals surface area contributed by atoms with Crippen LogP contribution in [0.2, 0.25) is 10.0 Å². The predicted molar refractivity (Wildman–Crippen MR) is 176 cm³/mol. The summed E-state index contributed by atoms with van der Waals surface area (Å²) in [7, 11) is -4.00. The van der Waals surface area contributed by atoms with E-state index < -0.39 is 27.4 Å². The largest absolute Gasteiger partial charge is 0.478 e. The third kappa shape index (κ3) is 5.81. The van der Waals surface area contributed by atoms with E-state index in [1.54, 1.807) is 0 Å². The first-order valence-electron chi connectivity index (χ1n) is 15.2. The number of aromatic carboxylic acids is 1. The smallest absolute Gasteiger partial charge is 0.338 e. The first kappa shape index (κ1) is 30.9. The van der Waals surface area contributed by atoms with E-state index in [1.165, 1.54) is 4.31 Å². The molecule has 1 aliphatic heterocycles. The number of hydrogen-bond donors (Lipinski definition) is 1. The van der Waals surface area contributed by atoms with Crippen molar-refractivity contribution in [1.82, 2.24) is 13.9 Å². The number of carboxylic acid groups (broad SMARTS) is 1. The highest BCUT2D eigenvalue weighted by Crippen LogP contribution is 2.44. The lowest BCUT2D eigenvalue weighted by Crippen LogP contribution is -2.39. The van der Waals surface area contributed by atoms with E-state index in [0.29, 0.717) is 28.8 Å². The highest BCUT2D eigenvalue weighted by molar-refractivity contribution is 7.89. The monoisotopic (exact) mass is 677 g/mol. The molecule has 0 bridgehead atoms. The van der Waals surface area contributed by atoms with E-state index in [2.05, 4.69) is 22.8 Å². The molecule has 2 aliphatic rings. The molecule has 0 unspecified atom stereocenters. The minimum Gasteiger partial charge on any atom is -0.478 e. The van der Waals surface area contributed by atoms with Crippen LogP contribution in [0.25, 0.3) is 11.0 Å². The SMILES string of the molecule is O=C(O)c1ccc(S(=O)(=O)N2CCC(n3c(C4CC4)nc4ccc(C(c5ccc(Cl)cc5)c5ccc(Cl)cc5)cc43)CC2)cc1F. The maximum absolute atomic E-state index is 14.4. The van der Waals surface area contributed by atoms with Gasteiger partial charge in [0.25, 0.3) is 0 Å². The molecule has 2 fully saturated rings. The Labute approximate surface area is 276 Å². The van der Waals surface area contributed by atoms with Gasteiger partial charge in [0.15, 0.2) is 0 Å². The second-order valence-electron chi connectivity index (χ2n) is 12.0. The Morgan fingerprint density at radius 1 is 0.826 bits per heavy atom. The van der Waals surface area contributed by atoms with E-state index in [4.69, 9.17) is 33.3 Å². The van der Waals surface area contributed by atoms with Crippen LogP contribution in [0.1, 0.15) is 76.4 Å². The fourth-order valence-corrected chi connectivity index (χ4v) is 8.26. The van der Waals surface area contributed by atoms with Gasteiger partial charge >= 0.3 is 5.97 Å². The number of sulfonamides is 1. The number of halogens is 3. The molecule has 1 saturated carbocycles. The summed E-state index contributed by atoms with van der Waals surface area (Å²) in [4.78, 5) is 16.0. The fourth-order valence-electron chi connectivity index (χ4n) is 6.53. The number of fused-ring (bicyclic) bond motifs is 1. The van der Waals surface area contributed by atoms with Crippen LogP contribution in [-0.2, 0) is 10.0 Å². The molecule has 1 aromatic heterocycles. The number of carboxylic acids is 1. The van der Waals surface area contributed by atoms with Gasteiger partial charge in [-0.05, 0) is 97.0 Å². The van der Waals surface area contributed by atoms with Crippen LogP contribution < -0.4 is 0 Å². The summed E-state index contributed by atoms with van der Waals surface area (Å²) in [6, 6.07) is 25.1. The molecule has 1 aliphatic carbocycles. The van der Waals surface area contributed by atoms with E-state index in [0.717, 1.165) is 64.6 Å². The van der Waals surface area contributed by atoms with Gasteiger partial charge < -0.3 is 9.67 Å². The molecule has 2 heterocycles. The van der Waals surface area contributed by atoms with Crippen LogP contribution in [-0.4, -0.2) is 46.4 Å². The summed E-state index contributed by atoms with van der Waals surface area (Å²) in [5.41, 5.74) is 4.62. The number of nitrogens with zero attached hydrogens (tertiary/aromatic N) is 3. The average molecular weight is 679 g/mol. The second-order valence-corrected chi connectivity index (χ2v) is 14.8. The minimum absolute atomic E-state index is 0.0259. The standard InChI is InChI=1S/C35H30Cl2FN3O4S/c36-25-8-3-21(4-9-25)33(22-5-10-26(37)11-6-22)24-7-14-31-32(19-24)41(34(39-31)23-1-2-23)27-15-17-40(18-16-27)46(44,45)28-12-13-29(35(42)43)30(38)20-28/h3-14,19-20,23,27,33H,1-2,15-18H2,(H,42,43). The number of carbonyl (C=O) groups is 1. The van der Waals surface area contributed by atoms with Crippen molar-refractivity contribution in [2.45, 2.75) is 48.5 Å². The van der Waals surface area contributed by atoms with Crippen LogP contribution in [0.5, 0.6) is 0 Å². The molecule has 0 amide bonds. The number of rotatable bonds is 8. The number of benzene rings is 4. The van der Waals surface area contributed by atoms with Crippen LogP contribution >= 0.6 is 23.2 Å². The number of imidazole rings is 1. The summed E-state index contributed by atoms with van der Waals surface area (Å²) in [5, 5.41) is 10.5. The Balaban J connectivity index is 1.22. The Kier molecular flexibility index (Phi) is 8.13. The van der Waals surface area contributed by atoms with E-state index in [-0.39, 0.29) is 29.9 Å². The molecule has 4 aromatic carbocycles. The van der Waals surface area contributed by atoms with Gasteiger partial charge in [-0.1, -0.05) is 53.5 Å². The molecule has 11 heteroatoms. The summed E-state index contributed by atoms with van der Waals surface area (Å²) in [5.74, 6) is -1.19. The Hall–Kier alpha value is -3.76. The first-order valence-corrected chi connectivity index (χ1v) is 17.4. The van der Waals surface area contributed by atoms with Crippen LogP contribution in [0.3, 0.4) is 0 Å². The molecular formula is C35H30Cl2FN3O4S. The highest BCUT2D eigenvalue weighted by Gasteiger charge is 2.36. The Morgan fingerprint density at radius 2 is 1.41 bits per heavy atom. The molecule has 46 heavy (non-hydrogen) atoms. The zero-order valence-electron chi connectivity index (χ0n) is 24.6. The Bertz CT molecular complexity index is 2010. The third-order valence-corrected chi connectivity index (χ3v) is 11.4. The van der Waals surface area contributed by atoms with Crippen molar-refractivity contribution in [3.05, 3.63) is 129 Å². The van der Waals surface area contributed by atoms with E-state index >= 15 is 0 Å². The number of aromatic nitrogens is 2. The summed E-state index contributed by atoms with van der Waals surface area (Å²) in [6.45, 7) is 0.494. The van der Waals surface area contributed by atoms with Gasteiger partial charge in [0.1, 0.15) is 11.6 Å². The Morgan fingerprint density at radius 3 is 1.96 bits per heavy atom. The maximum Gasteiger partial charge on any atom is 0.338 e. The van der Waals surface area contributed by atoms with Crippen LogP contribution in [0.4, 0.5) is 4.39 Å². The lowest BCUT2D eigenvalue weighted by molar-refractivity contribution is 0.0691. The van der Waals surface area contributed by atoms with Gasteiger partial charge in [-0.2, -0.15) is 4.31 Å². The predicted octanol–water partition coefficient (Wildman–Crippen LogP) is 8.26. The van der Waals surface area contributed by atoms with Gasteiger partial charge in [-0.15, -0.1) is 0 Å². The zero-order valence-corrected chi connectivity index (χ0v) is 26.9. The molecule has 1 saturated heterocycles. The van der Waals surface area contributed by atoms with Crippen molar-refractivity contribution in [1.29, 1.82) is 0 Å². The highest BCUT2D eigenvalue weighted by atomic mass is 35.5. The summed E-state index contributed by atoms with van der Waals surface area (Å²) < 4.78 is 44.9. The van der Waals surface area contributed by atoms with Gasteiger partial charge in [0, 0.05) is 41.0 Å².